The standard InChI is InChI=1S/C16H15N5O3S/c1-9-19-20-14(25-9)17-12(22)8-21-13(23)16(18-15(21)24)7-6-10-4-2-3-5-11(10)16/h2-5H,6-8H2,1H3,(H,18,24)(H,17,20,22). The van der Waals surface area contributed by atoms with Crippen LogP contribution in [0.4, 0.5) is 9.93 Å². The number of urea groups is 1. The molecule has 2 aliphatic rings. The molecular formula is C16H15N5O3S. The molecule has 0 saturated carbocycles. The highest BCUT2D eigenvalue weighted by molar-refractivity contribution is 7.15. The highest BCUT2D eigenvalue weighted by Crippen LogP contribution is 2.41. The van der Waals surface area contributed by atoms with Crippen molar-refractivity contribution in [2.75, 3.05) is 11.9 Å². The second kappa shape index (κ2) is 5.62. The Morgan fingerprint density at radius 1 is 1.36 bits per heavy atom. The predicted molar refractivity (Wildman–Crippen MR) is 90.0 cm³/mol. The van der Waals surface area contributed by atoms with E-state index in [1.165, 1.54) is 11.3 Å². The van der Waals surface area contributed by atoms with Gasteiger partial charge in [0.1, 0.15) is 17.1 Å². The number of carbonyl (C=O) groups is 3. The van der Waals surface area contributed by atoms with Crippen LogP contribution in [0.1, 0.15) is 22.6 Å². The Morgan fingerprint density at radius 3 is 2.92 bits per heavy atom. The molecule has 2 N–H and O–H groups in total. The topological polar surface area (TPSA) is 104 Å². The minimum absolute atomic E-state index is 0.343. The number of nitrogens with zero attached hydrogens (tertiary/aromatic N) is 3. The minimum atomic E-state index is -1.05. The van der Waals surface area contributed by atoms with Crippen LogP contribution in [0.15, 0.2) is 24.3 Å². The predicted octanol–water partition coefficient (Wildman–Crippen LogP) is 1.18. The van der Waals surface area contributed by atoms with Gasteiger partial charge in [-0.25, -0.2) is 4.79 Å². The Morgan fingerprint density at radius 2 is 2.16 bits per heavy atom. The maximum atomic E-state index is 12.9. The summed E-state index contributed by atoms with van der Waals surface area (Å²) >= 11 is 1.23. The lowest BCUT2D eigenvalue weighted by Crippen LogP contribution is -2.42. The first-order valence-electron chi connectivity index (χ1n) is 7.82. The molecule has 1 atom stereocenters. The quantitative estimate of drug-likeness (QED) is 0.803. The number of hydrogen-bond acceptors (Lipinski definition) is 6. The number of fused-ring (bicyclic) bond motifs is 2. The normalized spacial score (nSPS) is 21.6. The molecule has 2 aromatic rings. The molecule has 1 aromatic heterocycles. The van der Waals surface area contributed by atoms with E-state index in [1.807, 2.05) is 24.3 Å². The smallest absolute Gasteiger partial charge is 0.319 e. The molecule has 4 amide bonds. The summed E-state index contributed by atoms with van der Waals surface area (Å²) in [5, 5.41) is 14.0. The van der Waals surface area contributed by atoms with Crippen molar-refractivity contribution in [3.63, 3.8) is 0 Å². The maximum Gasteiger partial charge on any atom is 0.325 e. The second-order valence-corrected chi connectivity index (χ2v) is 7.24. The van der Waals surface area contributed by atoms with Gasteiger partial charge in [0.25, 0.3) is 5.91 Å². The van der Waals surface area contributed by atoms with E-state index in [0.29, 0.717) is 23.0 Å². The molecule has 4 rings (SSSR count). The third-order valence-corrected chi connectivity index (χ3v) is 5.25. The van der Waals surface area contributed by atoms with E-state index in [-0.39, 0.29) is 12.5 Å². The molecule has 2 heterocycles. The van der Waals surface area contributed by atoms with Crippen molar-refractivity contribution in [2.24, 2.45) is 0 Å². The van der Waals surface area contributed by atoms with Crippen molar-refractivity contribution in [2.45, 2.75) is 25.3 Å². The number of imide groups is 1. The number of nitrogens with one attached hydrogen (secondary N) is 2. The van der Waals surface area contributed by atoms with Gasteiger partial charge in [0, 0.05) is 0 Å². The number of aromatic nitrogens is 2. The van der Waals surface area contributed by atoms with Crippen LogP contribution in [0.25, 0.3) is 0 Å². The minimum Gasteiger partial charge on any atom is -0.319 e. The van der Waals surface area contributed by atoms with E-state index >= 15 is 0 Å². The fourth-order valence-corrected chi connectivity index (χ4v) is 3.99. The first-order valence-corrected chi connectivity index (χ1v) is 8.64. The number of anilines is 1. The summed E-state index contributed by atoms with van der Waals surface area (Å²) in [5.41, 5.74) is 0.815. The van der Waals surface area contributed by atoms with E-state index in [1.54, 1.807) is 6.92 Å². The fourth-order valence-electron chi connectivity index (χ4n) is 3.38. The highest BCUT2D eigenvalue weighted by atomic mass is 32.1. The Labute approximate surface area is 147 Å². The van der Waals surface area contributed by atoms with Crippen molar-refractivity contribution >= 4 is 34.3 Å². The molecule has 0 bridgehead atoms. The van der Waals surface area contributed by atoms with Gasteiger partial charge < -0.3 is 5.32 Å². The summed E-state index contributed by atoms with van der Waals surface area (Å²) in [4.78, 5) is 38.4. The van der Waals surface area contributed by atoms with Crippen molar-refractivity contribution in [3.8, 4) is 0 Å². The van der Waals surface area contributed by atoms with Gasteiger partial charge in [0.05, 0.1) is 0 Å². The first kappa shape index (κ1) is 15.7. The van der Waals surface area contributed by atoms with Gasteiger partial charge in [0.2, 0.25) is 11.0 Å². The molecule has 1 aliphatic heterocycles. The van der Waals surface area contributed by atoms with Gasteiger partial charge in [-0.05, 0) is 30.9 Å². The zero-order chi connectivity index (χ0) is 17.6. The zero-order valence-corrected chi connectivity index (χ0v) is 14.2. The van der Waals surface area contributed by atoms with Gasteiger partial charge in [-0.2, -0.15) is 0 Å². The summed E-state index contributed by atoms with van der Waals surface area (Å²) < 4.78 is 0. The largest absolute Gasteiger partial charge is 0.325 e. The van der Waals surface area contributed by atoms with Crippen LogP contribution in [0.5, 0.6) is 0 Å². The second-order valence-electron chi connectivity index (χ2n) is 6.06. The number of aryl methyl sites for hydroxylation is 2. The van der Waals surface area contributed by atoms with Crippen LogP contribution >= 0.6 is 11.3 Å². The first-order chi connectivity index (χ1) is 12.0. The molecule has 0 radical (unpaired) electrons. The molecule has 1 saturated heterocycles. The number of amides is 4. The molecule has 1 aliphatic carbocycles. The lowest BCUT2D eigenvalue weighted by atomic mass is 9.92. The van der Waals surface area contributed by atoms with Gasteiger partial charge in [0.15, 0.2) is 0 Å². The monoisotopic (exact) mass is 357 g/mol. The molecule has 8 nitrogen and oxygen atoms in total. The average molecular weight is 357 g/mol. The SMILES string of the molecule is Cc1nnc(NC(=O)CN2C(=O)NC3(CCc4ccccc43)C2=O)s1. The van der Waals surface area contributed by atoms with E-state index in [0.717, 1.165) is 16.0 Å². The van der Waals surface area contributed by atoms with Gasteiger partial charge >= 0.3 is 6.03 Å². The summed E-state index contributed by atoms with van der Waals surface area (Å²) in [5.74, 6) is -0.867. The molecule has 9 heteroatoms. The number of carbonyl (C=O) groups excluding carboxylic acids is 3. The fraction of sp³-hybridized carbons (Fsp3) is 0.312. The van der Waals surface area contributed by atoms with Gasteiger partial charge in [-0.15, -0.1) is 10.2 Å². The molecule has 25 heavy (non-hydrogen) atoms. The van der Waals surface area contributed by atoms with Crippen molar-refractivity contribution in [1.29, 1.82) is 0 Å². The molecule has 1 fully saturated rings. The summed E-state index contributed by atoms with van der Waals surface area (Å²) in [6.45, 7) is 1.42. The van der Waals surface area contributed by atoms with Crippen LogP contribution in [0, 0.1) is 6.92 Å². The van der Waals surface area contributed by atoms with Crippen molar-refractivity contribution in [1.82, 2.24) is 20.4 Å². The van der Waals surface area contributed by atoms with Crippen LogP contribution in [-0.4, -0.2) is 39.5 Å². The number of benzene rings is 1. The number of rotatable bonds is 3. The van der Waals surface area contributed by atoms with E-state index in [9.17, 15) is 14.4 Å². The van der Waals surface area contributed by atoms with Crippen molar-refractivity contribution < 1.29 is 14.4 Å². The zero-order valence-electron chi connectivity index (χ0n) is 13.4. The molecule has 128 valence electrons. The van der Waals surface area contributed by atoms with Gasteiger partial charge in [-0.1, -0.05) is 35.6 Å². The van der Waals surface area contributed by atoms with E-state index in [4.69, 9.17) is 0 Å². The summed E-state index contributed by atoms with van der Waals surface area (Å²) in [6, 6.07) is 7.02. The van der Waals surface area contributed by atoms with E-state index < -0.39 is 17.5 Å². The molecule has 1 unspecified atom stereocenters. The van der Waals surface area contributed by atoms with Crippen LogP contribution in [0.3, 0.4) is 0 Å². The highest BCUT2D eigenvalue weighted by Gasteiger charge is 2.55. The van der Waals surface area contributed by atoms with E-state index in [2.05, 4.69) is 20.8 Å². The van der Waals surface area contributed by atoms with Crippen LogP contribution in [0.2, 0.25) is 0 Å². The Bertz CT molecular complexity index is 895. The third kappa shape index (κ3) is 2.47. The lowest BCUT2D eigenvalue weighted by molar-refractivity contribution is -0.134. The molecular weight excluding hydrogens is 342 g/mol. The van der Waals surface area contributed by atoms with Crippen LogP contribution in [-0.2, 0) is 21.5 Å². The third-order valence-electron chi connectivity index (χ3n) is 4.50. The average Bonchev–Trinajstić information content (AvgIpc) is 3.22. The number of hydrogen-bond donors (Lipinski definition) is 2. The Hall–Kier alpha value is -2.81. The Balaban J connectivity index is 1.53. The van der Waals surface area contributed by atoms with Crippen molar-refractivity contribution in [3.05, 3.63) is 40.4 Å². The van der Waals surface area contributed by atoms with Gasteiger partial charge in [-0.3, -0.25) is 19.8 Å². The lowest BCUT2D eigenvalue weighted by Gasteiger charge is -2.22. The Kier molecular flexibility index (Phi) is 3.53. The summed E-state index contributed by atoms with van der Waals surface area (Å²) in [6.07, 6.45) is 1.22. The maximum absolute atomic E-state index is 12.9. The molecule has 1 spiro atoms. The summed E-state index contributed by atoms with van der Waals surface area (Å²) in [7, 11) is 0. The molecule has 1 aromatic carbocycles. The van der Waals surface area contributed by atoms with Crippen LogP contribution < -0.4 is 10.6 Å².